The van der Waals surface area contributed by atoms with Crippen molar-refractivity contribution in [3.63, 3.8) is 0 Å². The van der Waals surface area contributed by atoms with E-state index in [4.69, 9.17) is 27.9 Å². The maximum absolute atomic E-state index is 12.2. The molecule has 8 heteroatoms. The summed E-state index contributed by atoms with van der Waals surface area (Å²) in [5, 5.41) is 8.52. The number of Topliss-reactive ketones (excluding diaryl/α,β-unsaturated/α-hetero) is 1. The average molecular weight is 408 g/mol. The highest BCUT2D eigenvalue weighted by molar-refractivity contribution is 7.99. The van der Waals surface area contributed by atoms with Gasteiger partial charge in [0.25, 0.3) is 0 Å². The van der Waals surface area contributed by atoms with Crippen molar-refractivity contribution in [2.24, 2.45) is 0 Å². The number of hydrogen-bond acceptors (Lipinski definition) is 5. The molecule has 5 nitrogen and oxygen atoms in total. The molecule has 0 aliphatic rings. The van der Waals surface area contributed by atoms with Gasteiger partial charge >= 0.3 is 0 Å². The van der Waals surface area contributed by atoms with Crippen molar-refractivity contribution in [1.29, 1.82) is 0 Å². The van der Waals surface area contributed by atoms with Gasteiger partial charge in [0, 0.05) is 10.6 Å². The van der Waals surface area contributed by atoms with E-state index in [1.54, 1.807) is 36.4 Å². The van der Waals surface area contributed by atoms with Crippen molar-refractivity contribution in [2.75, 3.05) is 5.75 Å². The lowest BCUT2D eigenvalue weighted by molar-refractivity contribution is 0.102. The molecule has 0 atom stereocenters. The van der Waals surface area contributed by atoms with E-state index in [1.165, 1.54) is 11.8 Å². The van der Waals surface area contributed by atoms with Crippen LogP contribution in [0.2, 0.25) is 10.0 Å². The normalized spacial score (nSPS) is 10.7. The van der Waals surface area contributed by atoms with Gasteiger partial charge in [0.1, 0.15) is 12.4 Å². The highest BCUT2D eigenvalue weighted by Crippen LogP contribution is 2.22. The van der Waals surface area contributed by atoms with Crippen LogP contribution in [0.1, 0.15) is 21.7 Å². The highest BCUT2D eigenvalue weighted by atomic mass is 35.5. The lowest BCUT2D eigenvalue weighted by atomic mass is 10.1. The fourth-order valence-corrected chi connectivity index (χ4v) is 3.22. The molecule has 1 aromatic heterocycles. The van der Waals surface area contributed by atoms with Gasteiger partial charge in [0.15, 0.2) is 11.6 Å². The van der Waals surface area contributed by atoms with E-state index in [0.717, 1.165) is 5.56 Å². The van der Waals surface area contributed by atoms with Crippen molar-refractivity contribution in [1.82, 2.24) is 15.2 Å². The Balaban J connectivity index is 1.54. The Morgan fingerprint density at radius 1 is 1.19 bits per heavy atom. The van der Waals surface area contributed by atoms with Crippen LogP contribution in [0.4, 0.5) is 0 Å². The maximum atomic E-state index is 12.2. The fraction of sp³-hybridized carbons (Fsp3) is 0.167. The van der Waals surface area contributed by atoms with Crippen LogP contribution in [0.5, 0.6) is 5.75 Å². The minimum atomic E-state index is -0.0696. The summed E-state index contributed by atoms with van der Waals surface area (Å²) in [6.45, 7) is 2.15. The first-order valence-electron chi connectivity index (χ1n) is 7.73. The van der Waals surface area contributed by atoms with Gasteiger partial charge in [-0.25, -0.2) is 4.98 Å². The number of nitrogens with one attached hydrogen (secondary N) is 1. The molecule has 0 saturated carbocycles. The predicted molar refractivity (Wildman–Crippen MR) is 103 cm³/mol. The van der Waals surface area contributed by atoms with Gasteiger partial charge in [-0.3, -0.25) is 9.89 Å². The molecule has 0 fully saturated rings. The molecular formula is C18H15Cl2N3O2S. The number of thioether (sulfide) groups is 1. The van der Waals surface area contributed by atoms with Crippen LogP contribution in [0.15, 0.2) is 47.6 Å². The number of carbonyl (C=O) groups is 1. The van der Waals surface area contributed by atoms with Gasteiger partial charge in [-0.2, -0.15) is 0 Å². The van der Waals surface area contributed by atoms with E-state index in [0.29, 0.717) is 32.3 Å². The summed E-state index contributed by atoms with van der Waals surface area (Å²) in [6.07, 6.45) is 0. The summed E-state index contributed by atoms with van der Waals surface area (Å²) >= 11 is 13.3. The topological polar surface area (TPSA) is 67.9 Å². The number of H-pyrrole nitrogens is 1. The molecule has 0 aliphatic heterocycles. The van der Waals surface area contributed by atoms with Crippen molar-refractivity contribution in [3.05, 3.63) is 69.5 Å². The van der Waals surface area contributed by atoms with Crippen LogP contribution in [-0.2, 0) is 6.61 Å². The van der Waals surface area contributed by atoms with E-state index >= 15 is 0 Å². The highest BCUT2D eigenvalue weighted by Gasteiger charge is 2.12. The third kappa shape index (κ3) is 4.78. The molecule has 0 bridgehead atoms. The Morgan fingerprint density at radius 2 is 2.00 bits per heavy atom. The third-order valence-corrected chi connectivity index (χ3v) is 5.12. The number of benzene rings is 2. The Kier molecular flexibility index (Phi) is 6.19. The van der Waals surface area contributed by atoms with Gasteiger partial charge < -0.3 is 4.74 Å². The van der Waals surface area contributed by atoms with E-state index in [-0.39, 0.29) is 18.1 Å². The minimum Gasteiger partial charge on any atom is -0.486 e. The number of hydrogen-bond donors (Lipinski definition) is 1. The third-order valence-electron chi connectivity index (χ3n) is 3.52. The predicted octanol–water partition coefficient (Wildman–Crippen LogP) is 4.97. The Morgan fingerprint density at radius 3 is 2.77 bits per heavy atom. The lowest BCUT2D eigenvalue weighted by Crippen LogP contribution is -2.03. The summed E-state index contributed by atoms with van der Waals surface area (Å²) < 4.78 is 5.67. The number of aromatic amines is 1. The number of halogens is 2. The van der Waals surface area contributed by atoms with Gasteiger partial charge in [-0.05, 0) is 42.8 Å². The Bertz CT molecular complexity index is 930. The first-order chi connectivity index (χ1) is 12.5. The summed E-state index contributed by atoms with van der Waals surface area (Å²) in [6, 6.07) is 12.4. The van der Waals surface area contributed by atoms with E-state index < -0.39 is 0 Å². The minimum absolute atomic E-state index is 0.0696. The van der Waals surface area contributed by atoms with Gasteiger partial charge in [-0.15, -0.1) is 5.10 Å². The average Bonchev–Trinajstić information content (AvgIpc) is 3.09. The van der Waals surface area contributed by atoms with Crippen LogP contribution < -0.4 is 4.74 Å². The molecule has 2 aromatic carbocycles. The van der Waals surface area contributed by atoms with Crippen LogP contribution >= 0.6 is 35.0 Å². The van der Waals surface area contributed by atoms with Gasteiger partial charge in [0.2, 0.25) is 5.16 Å². The largest absolute Gasteiger partial charge is 0.486 e. The summed E-state index contributed by atoms with van der Waals surface area (Å²) in [5.41, 5.74) is 1.44. The molecule has 134 valence electrons. The zero-order valence-electron chi connectivity index (χ0n) is 13.8. The SMILES string of the molecule is Cc1cc(OCc2nc(SCC(=O)c3ccccc3Cl)n[nH]2)ccc1Cl. The van der Waals surface area contributed by atoms with Crippen LogP contribution in [0.3, 0.4) is 0 Å². The first kappa shape index (κ1) is 18.8. The zero-order valence-corrected chi connectivity index (χ0v) is 16.2. The van der Waals surface area contributed by atoms with E-state index in [1.807, 2.05) is 13.0 Å². The maximum Gasteiger partial charge on any atom is 0.208 e. The van der Waals surface area contributed by atoms with Crippen molar-refractivity contribution >= 4 is 40.7 Å². The van der Waals surface area contributed by atoms with Crippen LogP contribution in [0.25, 0.3) is 0 Å². The number of nitrogens with zero attached hydrogens (tertiary/aromatic N) is 2. The van der Waals surface area contributed by atoms with Gasteiger partial charge in [0.05, 0.1) is 10.8 Å². The number of aryl methyl sites for hydroxylation is 1. The van der Waals surface area contributed by atoms with Crippen molar-refractivity contribution < 1.29 is 9.53 Å². The number of rotatable bonds is 7. The number of ketones is 1. The molecule has 3 aromatic rings. The van der Waals surface area contributed by atoms with Gasteiger partial charge in [-0.1, -0.05) is 47.1 Å². The quantitative estimate of drug-likeness (QED) is 0.442. The summed E-state index contributed by atoms with van der Waals surface area (Å²) in [4.78, 5) is 16.5. The monoisotopic (exact) mass is 407 g/mol. The molecule has 26 heavy (non-hydrogen) atoms. The molecule has 1 N–H and O–H groups in total. The fourth-order valence-electron chi connectivity index (χ4n) is 2.16. The lowest BCUT2D eigenvalue weighted by Gasteiger charge is -2.05. The Labute approximate surface area is 165 Å². The summed E-state index contributed by atoms with van der Waals surface area (Å²) in [5.74, 6) is 1.41. The second kappa shape index (κ2) is 8.58. The molecule has 0 unspecified atom stereocenters. The molecule has 0 spiro atoms. The molecular weight excluding hydrogens is 393 g/mol. The zero-order chi connectivity index (χ0) is 18.5. The van der Waals surface area contributed by atoms with Crippen LogP contribution in [0, 0.1) is 6.92 Å². The van der Waals surface area contributed by atoms with E-state index in [2.05, 4.69) is 15.2 Å². The van der Waals surface area contributed by atoms with Crippen LogP contribution in [-0.4, -0.2) is 26.7 Å². The number of carbonyl (C=O) groups excluding carboxylic acids is 1. The molecule has 3 rings (SSSR count). The van der Waals surface area contributed by atoms with Crippen molar-refractivity contribution in [2.45, 2.75) is 18.7 Å². The Hall–Kier alpha value is -2.02. The first-order valence-corrected chi connectivity index (χ1v) is 9.48. The molecule has 0 amide bonds. The standard InChI is InChI=1S/C18H15Cl2N3O2S/c1-11-8-12(6-7-14(11)19)25-9-17-21-18(23-22-17)26-10-16(24)13-4-2-3-5-15(13)20/h2-8H,9-10H2,1H3,(H,21,22,23). The molecule has 0 saturated heterocycles. The second-order valence-electron chi connectivity index (χ2n) is 5.46. The molecule has 0 radical (unpaired) electrons. The van der Waals surface area contributed by atoms with Crippen molar-refractivity contribution in [3.8, 4) is 5.75 Å². The number of aromatic nitrogens is 3. The molecule has 1 heterocycles. The van der Waals surface area contributed by atoms with E-state index in [9.17, 15) is 4.79 Å². The number of ether oxygens (including phenoxy) is 1. The second-order valence-corrected chi connectivity index (χ2v) is 7.21. The smallest absolute Gasteiger partial charge is 0.208 e. The summed E-state index contributed by atoms with van der Waals surface area (Å²) in [7, 11) is 0. The molecule has 0 aliphatic carbocycles.